The summed E-state index contributed by atoms with van der Waals surface area (Å²) < 4.78 is 4.73. The molecule has 0 heterocycles. The van der Waals surface area contributed by atoms with Crippen molar-refractivity contribution in [3.63, 3.8) is 0 Å². The van der Waals surface area contributed by atoms with Gasteiger partial charge in [-0.3, -0.25) is 4.79 Å². The fraction of sp³-hybridized carbons (Fsp3) is 0.727. The Balaban J connectivity index is 3.79. The Labute approximate surface area is 86.3 Å². The van der Waals surface area contributed by atoms with Gasteiger partial charge in [0.15, 0.2) is 0 Å². The third-order valence-electron chi connectivity index (χ3n) is 2.54. The predicted molar refractivity (Wildman–Crippen MR) is 57.5 cm³/mol. The molecule has 0 spiro atoms. The summed E-state index contributed by atoms with van der Waals surface area (Å²) in [6.07, 6.45) is 4.30. The summed E-state index contributed by atoms with van der Waals surface area (Å²) in [6.45, 7) is 8.03. The molecule has 2 atom stereocenters. The monoisotopic (exact) mass is 199 g/mol. The second-order valence-corrected chi connectivity index (χ2v) is 3.65. The van der Waals surface area contributed by atoms with E-state index in [-0.39, 0.29) is 11.9 Å². The lowest BCUT2D eigenvalue weighted by atomic mass is 9.91. The van der Waals surface area contributed by atoms with Crippen LogP contribution in [0.4, 0.5) is 0 Å². The Morgan fingerprint density at radius 3 is 2.64 bits per heavy atom. The van der Waals surface area contributed by atoms with E-state index in [2.05, 4.69) is 13.5 Å². The van der Waals surface area contributed by atoms with Crippen LogP contribution in [0.25, 0.3) is 0 Å². The number of ether oxygens (including phenoxy) is 1. The number of carbonyl (C=O) groups excluding carboxylic acids is 1. The molecule has 0 amide bonds. The first-order valence-electron chi connectivity index (χ1n) is 5.15. The molecule has 0 aliphatic heterocycles. The molecule has 0 fully saturated rings. The summed E-state index contributed by atoms with van der Waals surface area (Å²) in [5.74, 6) is 0.0834. The van der Waals surface area contributed by atoms with Crippen LogP contribution in [0.3, 0.4) is 0 Å². The molecule has 82 valence electrons. The van der Waals surface area contributed by atoms with Crippen LogP contribution >= 0.6 is 0 Å². The lowest BCUT2D eigenvalue weighted by Crippen LogP contribution is -2.20. The summed E-state index contributed by atoms with van der Waals surface area (Å²) in [5, 5.41) is 0. The van der Waals surface area contributed by atoms with Crippen LogP contribution in [0.5, 0.6) is 0 Å². The summed E-state index contributed by atoms with van der Waals surface area (Å²) in [4.78, 5) is 11.3. The van der Waals surface area contributed by atoms with Crippen LogP contribution in [0.15, 0.2) is 12.8 Å². The van der Waals surface area contributed by atoms with Crippen molar-refractivity contribution in [1.29, 1.82) is 0 Å². The van der Waals surface area contributed by atoms with Gasteiger partial charge >= 0.3 is 5.97 Å². The summed E-state index contributed by atoms with van der Waals surface area (Å²) >= 11 is 0. The van der Waals surface area contributed by atoms with Crippen molar-refractivity contribution >= 4 is 5.97 Å². The van der Waals surface area contributed by atoms with Crippen LogP contribution in [-0.2, 0) is 9.53 Å². The highest BCUT2D eigenvalue weighted by Crippen LogP contribution is 2.18. The quantitative estimate of drug-likeness (QED) is 0.388. The van der Waals surface area contributed by atoms with Crippen molar-refractivity contribution in [2.24, 2.45) is 17.6 Å². The Hall–Kier alpha value is -0.830. The van der Waals surface area contributed by atoms with Gasteiger partial charge in [-0.2, -0.15) is 0 Å². The van der Waals surface area contributed by atoms with Crippen molar-refractivity contribution in [2.45, 2.75) is 33.1 Å². The zero-order valence-corrected chi connectivity index (χ0v) is 9.16. The molecule has 0 aromatic rings. The molecule has 3 nitrogen and oxygen atoms in total. The molecule has 3 heteroatoms. The molecule has 0 bridgehead atoms. The SMILES string of the molecule is C=COC(=O)C(C)C(C)CCCCN. The molecule has 0 aromatic heterocycles. The van der Waals surface area contributed by atoms with E-state index in [0.717, 1.165) is 25.8 Å². The largest absolute Gasteiger partial charge is 0.435 e. The number of nitrogens with two attached hydrogens (primary N) is 1. The minimum Gasteiger partial charge on any atom is -0.435 e. The maximum atomic E-state index is 11.3. The average Bonchev–Trinajstić information content (AvgIpc) is 2.17. The zero-order chi connectivity index (χ0) is 11.0. The molecule has 14 heavy (non-hydrogen) atoms. The molecule has 2 N–H and O–H groups in total. The van der Waals surface area contributed by atoms with E-state index in [1.165, 1.54) is 6.26 Å². The Morgan fingerprint density at radius 2 is 2.14 bits per heavy atom. The standard InChI is InChI=1S/C11H21NO2/c1-4-14-11(13)10(3)9(2)7-5-6-8-12/h4,9-10H,1,5-8,12H2,2-3H3. The molecular formula is C11H21NO2. The zero-order valence-electron chi connectivity index (χ0n) is 9.16. The number of esters is 1. The Kier molecular flexibility index (Phi) is 7.11. The summed E-state index contributed by atoms with van der Waals surface area (Å²) in [5.41, 5.74) is 5.39. The van der Waals surface area contributed by atoms with Gasteiger partial charge in [-0.25, -0.2) is 0 Å². The number of hydrogen-bond donors (Lipinski definition) is 1. The van der Waals surface area contributed by atoms with Crippen LogP contribution in [0, 0.1) is 11.8 Å². The third-order valence-corrected chi connectivity index (χ3v) is 2.54. The van der Waals surface area contributed by atoms with E-state index in [1.807, 2.05) is 6.92 Å². The third kappa shape index (κ3) is 5.02. The van der Waals surface area contributed by atoms with Crippen LogP contribution in [0.2, 0.25) is 0 Å². The lowest BCUT2D eigenvalue weighted by Gasteiger charge is -2.17. The molecular weight excluding hydrogens is 178 g/mol. The number of rotatable bonds is 7. The van der Waals surface area contributed by atoms with Crippen molar-refractivity contribution in [1.82, 2.24) is 0 Å². The van der Waals surface area contributed by atoms with Gasteiger partial charge in [-0.1, -0.05) is 26.8 Å². The normalized spacial score (nSPS) is 14.5. The van der Waals surface area contributed by atoms with E-state index >= 15 is 0 Å². The fourth-order valence-electron chi connectivity index (χ4n) is 1.28. The number of unbranched alkanes of at least 4 members (excludes halogenated alkanes) is 1. The molecule has 0 aliphatic carbocycles. The maximum absolute atomic E-state index is 11.3. The van der Waals surface area contributed by atoms with Crippen molar-refractivity contribution in [2.75, 3.05) is 6.54 Å². The van der Waals surface area contributed by atoms with E-state index < -0.39 is 0 Å². The highest BCUT2D eigenvalue weighted by Gasteiger charge is 2.20. The first kappa shape index (κ1) is 13.2. The van der Waals surface area contributed by atoms with Crippen LogP contribution in [0.1, 0.15) is 33.1 Å². The minimum absolute atomic E-state index is 0.0641. The van der Waals surface area contributed by atoms with E-state index in [1.54, 1.807) is 0 Å². The van der Waals surface area contributed by atoms with E-state index in [9.17, 15) is 4.79 Å². The molecule has 0 saturated carbocycles. The average molecular weight is 199 g/mol. The van der Waals surface area contributed by atoms with E-state index in [4.69, 9.17) is 10.5 Å². The van der Waals surface area contributed by atoms with Crippen LogP contribution in [-0.4, -0.2) is 12.5 Å². The first-order valence-corrected chi connectivity index (χ1v) is 5.15. The topological polar surface area (TPSA) is 52.3 Å². The van der Waals surface area contributed by atoms with Gasteiger partial charge in [-0.15, -0.1) is 0 Å². The van der Waals surface area contributed by atoms with Gasteiger partial charge in [0.2, 0.25) is 0 Å². The smallest absolute Gasteiger partial charge is 0.313 e. The highest BCUT2D eigenvalue weighted by molar-refractivity contribution is 5.72. The molecule has 0 aliphatic rings. The van der Waals surface area contributed by atoms with Crippen LogP contribution < -0.4 is 5.73 Å². The van der Waals surface area contributed by atoms with Crippen molar-refractivity contribution in [3.8, 4) is 0 Å². The molecule has 2 unspecified atom stereocenters. The maximum Gasteiger partial charge on any atom is 0.313 e. The van der Waals surface area contributed by atoms with Gasteiger partial charge in [0.25, 0.3) is 0 Å². The minimum atomic E-state index is -0.194. The molecule has 0 aromatic carbocycles. The molecule has 0 radical (unpaired) electrons. The Bertz CT molecular complexity index is 180. The van der Waals surface area contributed by atoms with E-state index in [0.29, 0.717) is 5.92 Å². The summed E-state index contributed by atoms with van der Waals surface area (Å²) in [6, 6.07) is 0. The number of carbonyl (C=O) groups is 1. The van der Waals surface area contributed by atoms with Gasteiger partial charge in [0, 0.05) is 0 Å². The van der Waals surface area contributed by atoms with Gasteiger partial charge in [0.05, 0.1) is 12.2 Å². The van der Waals surface area contributed by atoms with Crippen molar-refractivity contribution < 1.29 is 9.53 Å². The Morgan fingerprint density at radius 1 is 1.50 bits per heavy atom. The second-order valence-electron chi connectivity index (χ2n) is 3.65. The predicted octanol–water partition coefficient (Wildman–Crippen LogP) is 2.07. The van der Waals surface area contributed by atoms with Gasteiger partial charge in [0.1, 0.15) is 0 Å². The second kappa shape index (κ2) is 7.56. The number of hydrogen-bond acceptors (Lipinski definition) is 3. The fourth-order valence-corrected chi connectivity index (χ4v) is 1.28. The first-order chi connectivity index (χ1) is 6.63. The van der Waals surface area contributed by atoms with Gasteiger partial charge in [-0.05, 0) is 25.3 Å². The molecule has 0 saturated heterocycles. The summed E-state index contributed by atoms with van der Waals surface area (Å²) in [7, 11) is 0. The lowest BCUT2D eigenvalue weighted by molar-refractivity contribution is -0.143. The van der Waals surface area contributed by atoms with Gasteiger partial charge < -0.3 is 10.5 Å². The highest BCUT2D eigenvalue weighted by atomic mass is 16.5. The van der Waals surface area contributed by atoms with Crippen molar-refractivity contribution in [3.05, 3.63) is 12.8 Å². The molecule has 0 rings (SSSR count).